The highest BCUT2D eigenvalue weighted by molar-refractivity contribution is 8.26. The fourth-order valence-electron chi connectivity index (χ4n) is 2.10. The van der Waals surface area contributed by atoms with Crippen molar-refractivity contribution in [3.05, 3.63) is 46.4 Å². The van der Waals surface area contributed by atoms with Gasteiger partial charge in [0.15, 0.2) is 0 Å². The normalized spacial score (nSPS) is 16.4. The molecule has 1 aromatic rings. The van der Waals surface area contributed by atoms with E-state index in [4.69, 9.17) is 21.7 Å². The van der Waals surface area contributed by atoms with Gasteiger partial charge in [-0.05, 0) is 30.2 Å². The second kappa shape index (κ2) is 10.7. The fourth-order valence-corrected chi connectivity index (χ4v) is 3.15. The van der Waals surface area contributed by atoms with Crippen LogP contribution in [0.1, 0.15) is 12.5 Å². The number of hydrogen-bond donors (Lipinski definition) is 1. The quantitative estimate of drug-likeness (QED) is 0.284. The molecular weight excluding hydrogens is 418 g/mol. The van der Waals surface area contributed by atoms with Crippen molar-refractivity contribution in [2.75, 3.05) is 20.8 Å². The molecular formula is C19H19NO7S2. The van der Waals surface area contributed by atoms with Gasteiger partial charge in [0.05, 0.1) is 19.1 Å². The monoisotopic (exact) mass is 437 g/mol. The number of methoxy groups -OCH3 is 2. The third-order valence-electron chi connectivity index (χ3n) is 3.60. The van der Waals surface area contributed by atoms with E-state index in [0.717, 1.165) is 11.1 Å². The summed E-state index contributed by atoms with van der Waals surface area (Å²) in [5, 5.41) is 2.58. The first-order valence-corrected chi connectivity index (χ1v) is 9.51. The number of allylic oxidation sites excluding steroid dienone is 2. The molecule has 0 spiro atoms. The molecule has 1 saturated heterocycles. The van der Waals surface area contributed by atoms with Crippen LogP contribution in [0.25, 0.3) is 6.08 Å². The summed E-state index contributed by atoms with van der Waals surface area (Å²) in [7, 11) is 2.39. The van der Waals surface area contributed by atoms with Crippen molar-refractivity contribution in [1.29, 1.82) is 0 Å². The van der Waals surface area contributed by atoms with Crippen LogP contribution in [-0.2, 0) is 28.6 Å². The Balaban J connectivity index is 2.03. The second-order valence-corrected chi connectivity index (χ2v) is 7.31. The second-order valence-electron chi connectivity index (χ2n) is 5.62. The third kappa shape index (κ3) is 6.70. The van der Waals surface area contributed by atoms with Crippen molar-refractivity contribution in [2.45, 2.75) is 13.2 Å². The Morgan fingerprint density at radius 3 is 2.45 bits per heavy atom. The van der Waals surface area contributed by atoms with Gasteiger partial charge in [-0.15, -0.1) is 0 Å². The summed E-state index contributed by atoms with van der Waals surface area (Å²) in [6, 6.07) is 6.77. The minimum absolute atomic E-state index is 0.202. The SMILES string of the molecule is COC(=O)COC(Oc1ccc(C=CC(C)=C2SC(=S)NC2=O)cc1)C(=O)OC. The molecule has 154 valence electrons. The van der Waals surface area contributed by atoms with E-state index in [-0.39, 0.29) is 5.91 Å². The summed E-state index contributed by atoms with van der Waals surface area (Å²) >= 11 is 6.20. The van der Waals surface area contributed by atoms with Crippen molar-refractivity contribution in [2.24, 2.45) is 0 Å². The summed E-state index contributed by atoms with van der Waals surface area (Å²) in [5.74, 6) is -1.30. The maximum absolute atomic E-state index is 11.8. The molecule has 1 fully saturated rings. The standard InChI is InChI=1S/C19H19NO7S2/c1-11(15-16(22)20-19(28)29-15)4-5-12-6-8-13(9-7-12)27-18(17(23)25-3)26-10-14(21)24-2/h4-9,18H,10H2,1-3H3,(H,20,22,28). The number of carbonyl (C=O) groups is 3. The van der Waals surface area contributed by atoms with Crippen LogP contribution >= 0.6 is 24.0 Å². The van der Waals surface area contributed by atoms with Gasteiger partial charge in [-0.2, -0.15) is 0 Å². The van der Waals surface area contributed by atoms with E-state index in [9.17, 15) is 14.4 Å². The molecule has 0 radical (unpaired) electrons. The number of rotatable bonds is 8. The first kappa shape index (κ1) is 22.6. The summed E-state index contributed by atoms with van der Waals surface area (Å²) in [6.07, 6.45) is 2.23. The van der Waals surface area contributed by atoms with Crippen molar-refractivity contribution in [1.82, 2.24) is 5.32 Å². The Kier molecular flexibility index (Phi) is 8.37. The highest BCUT2D eigenvalue weighted by Crippen LogP contribution is 2.27. The number of benzene rings is 1. The number of thiocarbonyl (C=S) groups is 1. The molecule has 1 atom stereocenters. The maximum Gasteiger partial charge on any atom is 0.376 e. The molecule has 0 bridgehead atoms. The van der Waals surface area contributed by atoms with Crippen LogP contribution in [0.5, 0.6) is 5.75 Å². The van der Waals surface area contributed by atoms with E-state index >= 15 is 0 Å². The van der Waals surface area contributed by atoms with Crippen LogP contribution in [0.15, 0.2) is 40.8 Å². The Bertz CT molecular complexity index is 862. The van der Waals surface area contributed by atoms with Gasteiger partial charge in [0.25, 0.3) is 12.2 Å². The first-order valence-electron chi connectivity index (χ1n) is 8.29. The summed E-state index contributed by atoms with van der Waals surface area (Å²) in [4.78, 5) is 35.3. The van der Waals surface area contributed by atoms with Gasteiger partial charge in [0.2, 0.25) is 0 Å². The number of nitrogens with one attached hydrogen (secondary N) is 1. The zero-order valence-corrected chi connectivity index (χ0v) is 17.6. The van der Waals surface area contributed by atoms with Crippen molar-refractivity contribution >= 4 is 52.2 Å². The van der Waals surface area contributed by atoms with Gasteiger partial charge in [-0.1, -0.05) is 48.3 Å². The van der Waals surface area contributed by atoms with E-state index in [2.05, 4.69) is 14.8 Å². The van der Waals surface area contributed by atoms with E-state index in [1.54, 1.807) is 24.3 Å². The molecule has 2 rings (SSSR count). The third-order valence-corrected chi connectivity index (χ3v) is 4.95. The molecule has 1 aliphatic heterocycles. The molecule has 0 aliphatic carbocycles. The predicted octanol–water partition coefficient (Wildman–Crippen LogP) is 2.19. The number of carbonyl (C=O) groups excluding carboxylic acids is 3. The van der Waals surface area contributed by atoms with E-state index < -0.39 is 24.8 Å². The number of amides is 1. The number of hydrogen-bond acceptors (Lipinski definition) is 9. The van der Waals surface area contributed by atoms with Crippen molar-refractivity contribution < 1.29 is 33.3 Å². The zero-order valence-electron chi connectivity index (χ0n) is 15.9. The smallest absolute Gasteiger partial charge is 0.376 e. The number of thioether (sulfide) groups is 1. The molecule has 1 heterocycles. The highest BCUT2D eigenvalue weighted by Gasteiger charge is 2.24. The molecule has 1 N–H and O–H groups in total. The minimum Gasteiger partial charge on any atom is -0.467 e. The van der Waals surface area contributed by atoms with Crippen LogP contribution in [0.4, 0.5) is 0 Å². The van der Waals surface area contributed by atoms with Gasteiger partial charge in [-0.3, -0.25) is 4.79 Å². The Hall–Kier alpha value is -2.69. The molecule has 0 aromatic heterocycles. The van der Waals surface area contributed by atoms with Crippen molar-refractivity contribution in [3.63, 3.8) is 0 Å². The van der Waals surface area contributed by atoms with Crippen LogP contribution in [0, 0.1) is 0 Å². The van der Waals surface area contributed by atoms with E-state index in [1.807, 2.05) is 19.1 Å². The molecule has 1 aliphatic rings. The van der Waals surface area contributed by atoms with Crippen LogP contribution in [0.2, 0.25) is 0 Å². The molecule has 1 amide bonds. The number of ether oxygens (including phenoxy) is 4. The molecule has 8 nitrogen and oxygen atoms in total. The lowest BCUT2D eigenvalue weighted by molar-refractivity contribution is -0.179. The van der Waals surface area contributed by atoms with Crippen LogP contribution in [-0.4, -0.2) is 49.3 Å². The predicted molar refractivity (Wildman–Crippen MR) is 111 cm³/mol. The van der Waals surface area contributed by atoms with Crippen LogP contribution < -0.4 is 10.1 Å². The Labute approximate surface area is 177 Å². The van der Waals surface area contributed by atoms with Gasteiger partial charge in [0, 0.05) is 0 Å². The largest absolute Gasteiger partial charge is 0.467 e. The molecule has 1 aromatic carbocycles. The van der Waals surface area contributed by atoms with Gasteiger partial charge in [-0.25, -0.2) is 9.59 Å². The minimum atomic E-state index is -1.41. The van der Waals surface area contributed by atoms with E-state index in [1.165, 1.54) is 26.0 Å². The molecule has 1 unspecified atom stereocenters. The average Bonchev–Trinajstić information content (AvgIpc) is 3.07. The summed E-state index contributed by atoms with van der Waals surface area (Å²) in [5.41, 5.74) is 1.63. The topological polar surface area (TPSA) is 100 Å². The highest BCUT2D eigenvalue weighted by atomic mass is 32.2. The average molecular weight is 437 g/mol. The Morgan fingerprint density at radius 1 is 1.21 bits per heavy atom. The molecule has 29 heavy (non-hydrogen) atoms. The lowest BCUT2D eigenvalue weighted by atomic mass is 10.1. The summed E-state index contributed by atoms with van der Waals surface area (Å²) < 4.78 is 20.0. The fraction of sp³-hybridized carbons (Fsp3) is 0.263. The first-order chi connectivity index (χ1) is 13.8. The lowest BCUT2D eigenvalue weighted by Crippen LogP contribution is -2.33. The number of esters is 2. The summed E-state index contributed by atoms with van der Waals surface area (Å²) in [6.45, 7) is 1.36. The van der Waals surface area contributed by atoms with E-state index in [0.29, 0.717) is 15.0 Å². The van der Waals surface area contributed by atoms with Gasteiger partial charge < -0.3 is 24.3 Å². The maximum atomic E-state index is 11.8. The van der Waals surface area contributed by atoms with Crippen LogP contribution in [0.3, 0.4) is 0 Å². The van der Waals surface area contributed by atoms with Gasteiger partial charge in [0.1, 0.15) is 16.7 Å². The molecule has 0 saturated carbocycles. The molecule has 10 heteroatoms. The Morgan fingerprint density at radius 2 is 1.90 bits per heavy atom. The van der Waals surface area contributed by atoms with Crippen molar-refractivity contribution in [3.8, 4) is 5.75 Å². The lowest BCUT2D eigenvalue weighted by Gasteiger charge is -2.16. The van der Waals surface area contributed by atoms with Gasteiger partial charge >= 0.3 is 11.9 Å². The zero-order chi connectivity index (χ0) is 21.4.